The van der Waals surface area contributed by atoms with Crippen molar-refractivity contribution < 1.29 is 36.6 Å². The van der Waals surface area contributed by atoms with Gasteiger partial charge < -0.3 is 14.4 Å². The van der Waals surface area contributed by atoms with Crippen molar-refractivity contribution in [3.8, 4) is 5.75 Å². The minimum atomic E-state index is -2.59. The summed E-state index contributed by atoms with van der Waals surface area (Å²) in [5, 5.41) is 0. The molecule has 0 spiro atoms. The molecule has 35 heavy (non-hydrogen) atoms. The van der Waals surface area contributed by atoms with Crippen molar-refractivity contribution in [2.24, 2.45) is 0 Å². The number of β-lactam (4-membered cyclic amide) rings is 1. The highest BCUT2D eigenvalue weighted by Gasteiger charge is 2.41. The van der Waals surface area contributed by atoms with E-state index in [-0.39, 0.29) is 23.6 Å². The van der Waals surface area contributed by atoms with E-state index in [2.05, 4.69) is 4.98 Å². The van der Waals surface area contributed by atoms with Crippen LogP contribution in [0.3, 0.4) is 0 Å². The van der Waals surface area contributed by atoms with Gasteiger partial charge in [0.25, 0.3) is 0 Å². The number of imidazole rings is 1. The van der Waals surface area contributed by atoms with Crippen molar-refractivity contribution in [3.05, 3.63) is 53.9 Å². The van der Waals surface area contributed by atoms with E-state index < -0.39 is 48.8 Å². The molecule has 1 amide bonds. The van der Waals surface area contributed by atoms with Gasteiger partial charge in [-0.25, -0.2) is 31.9 Å². The van der Waals surface area contributed by atoms with E-state index in [0.717, 1.165) is 12.1 Å². The Morgan fingerprint density at radius 3 is 2.46 bits per heavy atom. The van der Waals surface area contributed by atoms with Crippen LogP contribution < -0.4 is 9.64 Å². The number of hydrogen-bond donors (Lipinski definition) is 0. The number of hydrogen-bond acceptors (Lipinski definition) is 5. The summed E-state index contributed by atoms with van der Waals surface area (Å²) in [7, 11) is 0. The van der Waals surface area contributed by atoms with Crippen LogP contribution in [0.25, 0.3) is 11.0 Å². The van der Waals surface area contributed by atoms with Gasteiger partial charge in [-0.05, 0) is 39.0 Å². The molecule has 3 aromatic rings. The molecule has 0 bridgehead atoms. The molecule has 1 unspecified atom stereocenters. The van der Waals surface area contributed by atoms with Gasteiger partial charge in [0.1, 0.15) is 29.3 Å². The van der Waals surface area contributed by atoms with E-state index in [4.69, 9.17) is 9.47 Å². The van der Waals surface area contributed by atoms with E-state index in [1.54, 1.807) is 32.9 Å². The second-order valence-electron chi connectivity index (χ2n) is 9.08. The maximum absolute atomic E-state index is 14.8. The van der Waals surface area contributed by atoms with E-state index in [9.17, 15) is 27.2 Å². The molecule has 0 radical (unpaired) electrons. The van der Waals surface area contributed by atoms with Crippen LogP contribution in [0.15, 0.2) is 36.7 Å². The van der Waals surface area contributed by atoms with Crippen LogP contribution in [0.2, 0.25) is 0 Å². The third-order valence-corrected chi connectivity index (χ3v) is 5.34. The fraction of sp³-hybridized carbons (Fsp3) is 0.375. The Kier molecular flexibility index (Phi) is 6.44. The molecule has 1 atom stereocenters. The summed E-state index contributed by atoms with van der Waals surface area (Å²) in [6.07, 6.45) is -2.67. The SMILES string of the molecule is CC(C)(C)OC(=O)n1cnc2ccc(N3C(=O)CC3c3c(F)cc(OCCC(F)F)cc3F)cc21. The van der Waals surface area contributed by atoms with Crippen LogP contribution in [-0.2, 0) is 9.53 Å². The Morgan fingerprint density at radius 2 is 1.86 bits per heavy atom. The van der Waals surface area contributed by atoms with Gasteiger partial charge in [0.15, 0.2) is 0 Å². The molecule has 4 rings (SSSR count). The van der Waals surface area contributed by atoms with E-state index >= 15 is 0 Å². The number of aromatic nitrogens is 2. The maximum atomic E-state index is 14.8. The molecule has 1 aromatic heterocycles. The number of alkyl halides is 2. The molecule has 2 aromatic carbocycles. The van der Waals surface area contributed by atoms with Crippen LogP contribution in [0.4, 0.5) is 28.0 Å². The number of rotatable bonds is 6. The average Bonchev–Trinajstić information content (AvgIpc) is 3.14. The van der Waals surface area contributed by atoms with Crippen LogP contribution >= 0.6 is 0 Å². The van der Waals surface area contributed by atoms with Crippen LogP contribution in [0.5, 0.6) is 5.75 Å². The lowest BCUT2D eigenvalue weighted by Gasteiger charge is -2.41. The maximum Gasteiger partial charge on any atom is 0.420 e. The molecule has 186 valence electrons. The smallest absolute Gasteiger partial charge is 0.420 e. The average molecular weight is 493 g/mol. The molecule has 7 nitrogen and oxygen atoms in total. The lowest BCUT2D eigenvalue weighted by molar-refractivity contribution is -0.124. The summed E-state index contributed by atoms with van der Waals surface area (Å²) in [5.74, 6) is -2.50. The lowest BCUT2D eigenvalue weighted by atomic mass is 9.92. The summed E-state index contributed by atoms with van der Waals surface area (Å²) < 4.78 is 65.8. The third kappa shape index (κ3) is 5.08. The van der Waals surface area contributed by atoms with E-state index in [1.807, 2.05) is 0 Å². The highest BCUT2D eigenvalue weighted by molar-refractivity contribution is 6.02. The zero-order valence-electron chi connectivity index (χ0n) is 19.2. The number of benzene rings is 2. The van der Waals surface area contributed by atoms with Crippen molar-refractivity contribution in [2.75, 3.05) is 11.5 Å². The van der Waals surface area contributed by atoms with Crippen molar-refractivity contribution in [1.82, 2.24) is 9.55 Å². The Bertz CT molecular complexity index is 1260. The van der Waals surface area contributed by atoms with Gasteiger partial charge >= 0.3 is 6.09 Å². The van der Waals surface area contributed by atoms with E-state index in [1.165, 1.54) is 21.9 Å². The topological polar surface area (TPSA) is 73.7 Å². The highest BCUT2D eigenvalue weighted by atomic mass is 19.3. The Morgan fingerprint density at radius 1 is 1.17 bits per heavy atom. The number of amides is 1. The normalized spacial score (nSPS) is 16.1. The van der Waals surface area contributed by atoms with Crippen LogP contribution in [0, 0.1) is 11.6 Å². The molecule has 1 saturated heterocycles. The Labute approximate surface area is 198 Å². The standard InChI is InChI=1S/C24H23F4N3O4/c1-24(2,3)35-23(33)30-12-29-17-5-4-13(8-18(17)30)31-19(11-21(31)32)22-15(25)9-14(10-16(22)26)34-7-6-20(27)28/h4-5,8-10,12,19-20H,6-7,11H2,1-3H3. The molecule has 1 fully saturated rings. The van der Waals surface area contributed by atoms with Crippen molar-refractivity contribution >= 4 is 28.7 Å². The number of halogens is 4. The Hall–Kier alpha value is -3.63. The number of nitrogens with zero attached hydrogens (tertiary/aromatic N) is 3. The lowest BCUT2D eigenvalue weighted by Crippen LogP contribution is -2.47. The number of ether oxygens (including phenoxy) is 2. The molecular weight excluding hydrogens is 470 g/mol. The van der Waals surface area contributed by atoms with Gasteiger partial charge in [0.05, 0.1) is 30.1 Å². The monoisotopic (exact) mass is 493 g/mol. The van der Waals surface area contributed by atoms with Crippen LogP contribution in [-0.4, -0.2) is 40.2 Å². The fourth-order valence-electron chi connectivity index (χ4n) is 3.80. The van der Waals surface area contributed by atoms with Crippen molar-refractivity contribution in [1.29, 1.82) is 0 Å². The number of fused-ring (bicyclic) bond motifs is 1. The van der Waals surface area contributed by atoms with Gasteiger partial charge in [-0.15, -0.1) is 0 Å². The predicted molar refractivity (Wildman–Crippen MR) is 119 cm³/mol. The fourth-order valence-corrected chi connectivity index (χ4v) is 3.80. The summed E-state index contributed by atoms with van der Waals surface area (Å²) in [6.45, 7) is 4.76. The van der Waals surface area contributed by atoms with Crippen molar-refractivity contribution in [3.63, 3.8) is 0 Å². The molecule has 11 heteroatoms. The first kappa shape index (κ1) is 24.5. The number of carbonyl (C=O) groups excluding carboxylic acids is 2. The zero-order chi connectivity index (χ0) is 25.5. The van der Waals surface area contributed by atoms with Gasteiger partial charge in [-0.2, -0.15) is 0 Å². The molecule has 1 aliphatic heterocycles. The molecule has 0 saturated carbocycles. The second kappa shape index (κ2) is 9.20. The molecule has 0 aliphatic carbocycles. The first-order valence-corrected chi connectivity index (χ1v) is 10.9. The molecule has 2 heterocycles. The minimum absolute atomic E-state index is 0.136. The van der Waals surface area contributed by atoms with E-state index in [0.29, 0.717) is 16.7 Å². The predicted octanol–water partition coefficient (Wildman–Crippen LogP) is 5.61. The van der Waals surface area contributed by atoms with Gasteiger partial charge in [-0.1, -0.05) is 0 Å². The first-order valence-electron chi connectivity index (χ1n) is 10.9. The van der Waals surface area contributed by atoms with Gasteiger partial charge in [0, 0.05) is 29.8 Å². The number of carbonyl (C=O) groups is 2. The molecule has 0 N–H and O–H groups in total. The minimum Gasteiger partial charge on any atom is -0.493 e. The van der Waals surface area contributed by atoms with Gasteiger partial charge in [-0.3, -0.25) is 4.79 Å². The largest absolute Gasteiger partial charge is 0.493 e. The third-order valence-electron chi connectivity index (χ3n) is 5.34. The first-order chi connectivity index (χ1) is 16.4. The van der Waals surface area contributed by atoms with Gasteiger partial charge in [0.2, 0.25) is 12.3 Å². The van der Waals surface area contributed by atoms with Crippen molar-refractivity contribution in [2.45, 2.75) is 51.7 Å². The summed E-state index contributed by atoms with van der Waals surface area (Å²) in [4.78, 5) is 30.4. The highest BCUT2D eigenvalue weighted by Crippen LogP contribution is 2.42. The Balaban J connectivity index is 1.62. The second-order valence-corrected chi connectivity index (χ2v) is 9.08. The summed E-state index contributed by atoms with van der Waals surface area (Å²) >= 11 is 0. The molecular formula is C24H23F4N3O4. The quantitative estimate of drug-likeness (QED) is 0.330. The number of anilines is 1. The van der Waals surface area contributed by atoms with Crippen LogP contribution in [0.1, 0.15) is 45.2 Å². The summed E-state index contributed by atoms with van der Waals surface area (Å²) in [6, 6.07) is 5.55. The zero-order valence-corrected chi connectivity index (χ0v) is 19.2. The summed E-state index contributed by atoms with van der Waals surface area (Å²) in [5.41, 5.74) is 0.0613. The molecule has 1 aliphatic rings.